The van der Waals surface area contributed by atoms with Gasteiger partial charge in [-0.05, 0) is 89.9 Å². The number of carbonyl (C=O) groups excluding carboxylic acids is 2. The third kappa shape index (κ3) is 42.3. The van der Waals surface area contributed by atoms with Crippen molar-refractivity contribution in [2.45, 2.75) is 264 Å². The van der Waals surface area contributed by atoms with Crippen LogP contribution in [-0.2, 0) is 14.3 Å². The molecule has 0 saturated heterocycles. The van der Waals surface area contributed by atoms with Gasteiger partial charge in [-0.2, -0.15) is 0 Å². The molecule has 60 heavy (non-hydrogen) atoms. The number of unbranched alkanes of at least 4 members (excludes halogenated alkanes) is 23. The molecule has 0 rings (SSSR count). The van der Waals surface area contributed by atoms with E-state index in [-0.39, 0.29) is 24.9 Å². The van der Waals surface area contributed by atoms with Gasteiger partial charge in [0, 0.05) is 6.42 Å². The summed E-state index contributed by atoms with van der Waals surface area (Å²) in [6.07, 6.45) is 58.5. The van der Waals surface area contributed by atoms with Gasteiger partial charge in [-0.1, -0.05) is 204 Å². The van der Waals surface area contributed by atoms with Gasteiger partial charge in [0.2, 0.25) is 5.91 Å². The number of hydrogen-bond donors (Lipinski definition) is 3. The Hall–Kier alpha value is -2.44. The van der Waals surface area contributed by atoms with Crippen molar-refractivity contribution in [2.24, 2.45) is 0 Å². The van der Waals surface area contributed by atoms with E-state index in [0.29, 0.717) is 25.7 Å². The largest absolute Gasteiger partial charge is 0.462 e. The summed E-state index contributed by atoms with van der Waals surface area (Å²) in [5.41, 5.74) is 0. The lowest BCUT2D eigenvalue weighted by atomic mass is 10.0. The van der Waals surface area contributed by atoms with Crippen molar-refractivity contribution >= 4 is 11.9 Å². The van der Waals surface area contributed by atoms with Gasteiger partial charge in [-0.15, -0.1) is 0 Å². The average molecular weight is 840 g/mol. The highest BCUT2D eigenvalue weighted by molar-refractivity contribution is 5.77. The molecule has 348 valence electrons. The van der Waals surface area contributed by atoms with Crippen LogP contribution in [0.3, 0.4) is 0 Å². The maximum absolute atomic E-state index is 13.2. The SMILES string of the molecule is CCCCC/C=C\C/C=C\C/C=C\C/C=C\CCCC(=O)OC(CCCCC/C=C\CCCCC)CC(=O)NC(CO)C(O)CCCCCCCCCCCCCCCC. The average Bonchev–Trinajstić information content (AvgIpc) is 3.24. The van der Waals surface area contributed by atoms with Crippen molar-refractivity contribution in [1.82, 2.24) is 5.32 Å². The van der Waals surface area contributed by atoms with Gasteiger partial charge in [-0.25, -0.2) is 0 Å². The van der Waals surface area contributed by atoms with Crippen molar-refractivity contribution in [3.63, 3.8) is 0 Å². The highest BCUT2D eigenvalue weighted by atomic mass is 16.5. The summed E-state index contributed by atoms with van der Waals surface area (Å²) in [7, 11) is 0. The third-order valence-corrected chi connectivity index (χ3v) is 11.3. The van der Waals surface area contributed by atoms with E-state index < -0.39 is 18.2 Å². The molecule has 0 aromatic rings. The normalized spacial score (nSPS) is 13.8. The summed E-state index contributed by atoms with van der Waals surface area (Å²) < 4.78 is 5.88. The number of amides is 1. The summed E-state index contributed by atoms with van der Waals surface area (Å²) in [6.45, 7) is 6.41. The molecule has 6 nitrogen and oxygen atoms in total. The fourth-order valence-electron chi connectivity index (χ4n) is 7.42. The first-order valence-electron chi connectivity index (χ1n) is 25.5. The Morgan fingerprint density at radius 2 is 0.850 bits per heavy atom. The number of nitrogens with one attached hydrogen (secondary N) is 1. The molecule has 3 atom stereocenters. The summed E-state index contributed by atoms with van der Waals surface area (Å²) in [5.74, 6) is -0.557. The molecule has 0 aromatic heterocycles. The van der Waals surface area contributed by atoms with E-state index in [9.17, 15) is 19.8 Å². The van der Waals surface area contributed by atoms with Crippen LogP contribution in [0, 0.1) is 0 Å². The quantitative estimate of drug-likeness (QED) is 0.0322. The molecular weight excluding hydrogens is 743 g/mol. The second-order valence-electron chi connectivity index (χ2n) is 17.2. The highest BCUT2D eigenvalue weighted by Gasteiger charge is 2.24. The predicted octanol–water partition coefficient (Wildman–Crippen LogP) is 15.2. The molecule has 1 amide bonds. The number of esters is 1. The van der Waals surface area contributed by atoms with E-state index in [2.05, 4.69) is 86.8 Å². The van der Waals surface area contributed by atoms with E-state index in [0.717, 1.165) is 77.0 Å². The Labute approximate surface area is 371 Å². The Morgan fingerprint density at radius 3 is 1.33 bits per heavy atom. The summed E-state index contributed by atoms with van der Waals surface area (Å²) in [6, 6.07) is -0.717. The minimum absolute atomic E-state index is 0.0440. The molecule has 0 spiro atoms. The predicted molar refractivity (Wildman–Crippen MR) is 259 cm³/mol. The lowest BCUT2D eigenvalue weighted by Gasteiger charge is -2.24. The molecule has 3 unspecified atom stereocenters. The Morgan fingerprint density at radius 1 is 0.483 bits per heavy atom. The molecule has 0 saturated carbocycles. The van der Waals surface area contributed by atoms with Gasteiger partial charge < -0.3 is 20.3 Å². The molecule has 3 N–H and O–H groups in total. The van der Waals surface area contributed by atoms with Crippen LogP contribution in [0.15, 0.2) is 60.8 Å². The van der Waals surface area contributed by atoms with Gasteiger partial charge in [0.25, 0.3) is 0 Å². The fourth-order valence-corrected chi connectivity index (χ4v) is 7.42. The minimum Gasteiger partial charge on any atom is -0.462 e. The smallest absolute Gasteiger partial charge is 0.306 e. The van der Waals surface area contributed by atoms with Gasteiger partial charge in [-0.3, -0.25) is 9.59 Å². The summed E-state index contributed by atoms with van der Waals surface area (Å²) in [4.78, 5) is 26.1. The van der Waals surface area contributed by atoms with E-state index in [1.165, 1.54) is 116 Å². The number of hydrogen-bond acceptors (Lipinski definition) is 5. The van der Waals surface area contributed by atoms with Crippen molar-refractivity contribution in [3.05, 3.63) is 60.8 Å². The van der Waals surface area contributed by atoms with Gasteiger partial charge in [0.1, 0.15) is 6.10 Å². The molecule has 0 aliphatic heterocycles. The zero-order valence-electron chi connectivity index (χ0n) is 39.6. The first kappa shape index (κ1) is 57.6. The molecule has 0 bridgehead atoms. The van der Waals surface area contributed by atoms with Crippen LogP contribution in [0.4, 0.5) is 0 Å². The Kier molecular flexibility index (Phi) is 45.7. The molecule has 0 aromatic carbocycles. The van der Waals surface area contributed by atoms with Crippen LogP contribution in [-0.4, -0.2) is 46.9 Å². The Balaban J connectivity index is 4.60. The number of allylic oxidation sites excluding steroid dienone is 10. The summed E-state index contributed by atoms with van der Waals surface area (Å²) in [5, 5.41) is 23.7. The number of ether oxygens (including phenoxy) is 1. The first-order chi connectivity index (χ1) is 29.5. The lowest BCUT2D eigenvalue weighted by molar-refractivity contribution is -0.151. The maximum Gasteiger partial charge on any atom is 0.306 e. The van der Waals surface area contributed by atoms with Crippen molar-refractivity contribution in [2.75, 3.05) is 6.61 Å². The maximum atomic E-state index is 13.2. The molecule has 6 heteroatoms. The second-order valence-corrected chi connectivity index (χ2v) is 17.2. The van der Waals surface area contributed by atoms with Crippen molar-refractivity contribution < 1.29 is 24.5 Å². The number of aliphatic hydroxyl groups excluding tert-OH is 2. The van der Waals surface area contributed by atoms with Crippen molar-refractivity contribution in [1.29, 1.82) is 0 Å². The zero-order valence-corrected chi connectivity index (χ0v) is 39.6. The fraction of sp³-hybridized carbons (Fsp3) is 0.778. The molecule has 0 aliphatic carbocycles. The molecule has 0 radical (unpaired) electrons. The second kappa shape index (κ2) is 47.6. The first-order valence-corrected chi connectivity index (χ1v) is 25.5. The summed E-state index contributed by atoms with van der Waals surface area (Å²) >= 11 is 0. The van der Waals surface area contributed by atoms with E-state index in [4.69, 9.17) is 4.74 Å². The number of carbonyl (C=O) groups is 2. The van der Waals surface area contributed by atoms with Crippen LogP contribution in [0.2, 0.25) is 0 Å². The molecule has 0 aliphatic rings. The molecule has 0 fully saturated rings. The lowest BCUT2D eigenvalue weighted by Crippen LogP contribution is -2.46. The minimum atomic E-state index is -0.801. The van der Waals surface area contributed by atoms with Gasteiger partial charge in [0.05, 0.1) is 25.2 Å². The monoisotopic (exact) mass is 840 g/mol. The van der Waals surface area contributed by atoms with Crippen LogP contribution in [0.25, 0.3) is 0 Å². The zero-order chi connectivity index (χ0) is 43.8. The number of aliphatic hydroxyl groups is 2. The number of rotatable bonds is 45. The van der Waals surface area contributed by atoms with Gasteiger partial charge in [0.15, 0.2) is 0 Å². The topological polar surface area (TPSA) is 95.9 Å². The Bertz CT molecular complexity index is 1080. The third-order valence-electron chi connectivity index (χ3n) is 11.3. The van der Waals surface area contributed by atoms with Gasteiger partial charge >= 0.3 is 5.97 Å². The van der Waals surface area contributed by atoms with Crippen LogP contribution in [0.5, 0.6) is 0 Å². The molecular formula is C54H97NO5. The van der Waals surface area contributed by atoms with E-state index >= 15 is 0 Å². The van der Waals surface area contributed by atoms with Crippen LogP contribution < -0.4 is 5.32 Å². The van der Waals surface area contributed by atoms with Crippen LogP contribution >= 0.6 is 0 Å². The van der Waals surface area contributed by atoms with Crippen LogP contribution in [0.1, 0.15) is 245 Å². The standard InChI is InChI=1S/C54H97NO5/c1-4-7-10-13-16-19-22-24-26-27-28-30-32-35-38-41-44-47-54(59)60-50(45-42-39-36-33-21-18-15-12-9-6-3)48-53(58)55-51(49-56)52(57)46-43-40-37-34-31-29-25-23-20-17-14-11-8-5-2/h16,18-19,21,24,26,28,30,35,38,50-52,56-57H,4-15,17,20,22-23,25,27,29,31-34,36-37,39-49H2,1-3H3,(H,55,58)/b19-16-,21-18-,26-24-,30-28-,38-35-. The van der Waals surface area contributed by atoms with E-state index in [1.807, 2.05) is 0 Å². The van der Waals surface area contributed by atoms with Crippen molar-refractivity contribution in [3.8, 4) is 0 Å². The van der Waals surface area contributed by atoms with E-state index in [1.54, 1.807) is 0 Å². The molecule has 0 heterocycles. The highest BCUT2D eigenvalue weighted by Crippen LogP contribution is 2.17.